The zero-order valence-electron chi connectivity index (χ0n) is 12.2. The van der Waals surface area contributed by atoms with E-state index in [9.17, 15) is 0 Å². The van der Waals surface area contributed by atoms with Crippen LogP contribution in [0.25, 0.3) is 0 Å². The van der Waals surface area contributed by atoms with Crippen molar-refractivity contribution in [2.75, 3.05) is 26.8 Å². The molecule has 1 aliphatic rings. The van der Waals surface area contributed by atoms with E-state index < -0.39 is 0 Å². The summed E-state index contributed by atoms with van der Waals surface area (Å²) < 4.78 is 5.17. The number of rotatable bonds is 8. The standard InChI is InChI=1S/C14H30N2O/c1-12(2,13(3,4)15)10-16-11-14(6-7-14)8-9-17-5/h16H,6-11,15H2,1-5H3. The van der Waals surface area contributed by atoms with Gasteiger partial charge in [0.15, 0.2) is 0 Å². The van der Waals surface area contributed by atoms with E-state index >= 15 is 0 Å². The molecule has 0 unspecified atom stereocenters. The fraction of sp³-hybridized carbons (Fsp3) is 1.00. The topological polar surface area (TPSA) is 47.3 Å². The van der Waals surface area contributed by atoms with Crippen molar-refractivity contribution in [3.8, 4) is 0 Å². The summed E-state index contributed by atoms with van der Waals surface area (Å²) in [7, 11) is 1.78. The number of ether oxygens (including phenoxy) is 1. The molecule has 1 rings (SSSR count). The lowest BCUT2D eigenvalue weighted by atomic mass is 9.75. The molecule has 0 aromatic carbocycles. The summed E-state index contributed by atoms with van der Waals surface area (Å²) in [4.78, 5) is 0. The number of hydrogen-bond acceptors (Lipinski definition) is 3. The zero-order chi connectivity index (χ0) is 13.2. The molecule has 0 spiro atoms. The first kappa shape index (κ1) is 14.9. The first-order valence-corrected chi connectivity index (χ1v) is 6.71. The van der Waals surface area contributed by atoms with Gasteiger partial charge in [-0.1, -0.05) is 13.8 Å². The predicted molar refractivity (Wildman–Crippen MR) is 73.1 cm³/mol. The molecule has 102 valence electrons. The van der Waals surface area contributed by atoms with Gasteiger partial charge in [0.05, 0.1) is 0 Å². The van der Waals surface area contributed by atoms with Gasteiger partial charge in [-0.25, -0.2) is 0 Å². The second-order valence-electron chi connectivity index (χ2n) is 6.95. The molecule has 1 fully saturated rings. The van der Waals surface area contributed by atoms with Gasteiger partial charge >= 0.3 is 0 Å². The van der Waals surface area contributed by atoms with Crippen LogP contribution in [0.1, 0.15) is 47.0 Å². The van der Waals surface area contributed by atoms with Gasteiger partial charge in [0.2, 0.25) is 0 Å². The third kappa shape index (κ3) is 4.23. The zero-order valence-corrected chi connectivity index (χ0v) is 12.2. The van der Waals surface area contributed by atoms with Crippen molar-refractivity contribution >= 4 is 0 Å². The van der Waals surface area contributed by atoms with Crippen molar-refractivity contribution < 1.29 is 4.74 Å². The molecule has 0 heterocycles. The Morgan fingerprint density at radius 3 is 2.24 bits per heavy atom. The fourth-order valence-electron chi connectivity index (χ4n) is 1.88. The highest BCUT2D eigenvalue weighted by Crippen LogP contribution is 2.48. The van der Waals surface area contributed by atoms with Crippen LogP contribution in [-0.4, -0.2) is 32.3 Å². The van der Waals surface area contributed by atoms with E-state index in [4.69, 9.17) is 10.5 Å². The molecule has 3 nitrogen and oxygen atoms in total. The highest BCUT2D eigenvalue weighted by Gasteiger charge is 2.42. The van der Waals surface area contributed by atoms with Crippen LogP contribution < -0.4 is 11.1 Å². The largest absolute Gasteiger partial charge is 0.385 e. The highest BCUT2D eigenvalue weighted by molar-refractivity contribution is 4.97. The molecule has 0 saturated heterocycles. The Morgan fingerprint density at radius 2 is 1.82 bits per heavy atom. The molecule has 0 amide bonds. The van der Waals surface area contributed by atoms with Gasteiger partial charge < -0.3 is 15.8 Å². The molecule has 1 saturated carbocycles. The maximum atomic E-state index is 6.20. The average molecular weight is 242 g/mol. The summed E-state index contributed by atoms with van der Waals surface area (Å²) in [5, 5.41) is 3.61. The molecule has 3 N–H and O–H groups in total. The van der Waals surface area contributed by atoms with Crippen LogP contribution in [0.5, 0.6) is 0 Å². The first-order chi connectivity index (χ1) is 7.72. The van der Waals surface area contributed by atoms with Gasteiger partial charge in [-0.15, -0.1) is 0 Å². The third-order valence-electron chi connectivity index (χ3n) is 4.60. The van der Waals surface area contributed by atoms with Crippen molar-refractivity contribution in [1.29, 1.82) is 0 Å². The monoisotopic (exact) mass is 242 g/mol. The van der Waals surface area contributed by atoms with E-state index in [1.54, 1.807) is 7.11 Å². The van der Waals surface area contributed by atoms with Gasteiger partial charge in [0, 0.05) is 32.3 Å². The smallest absolute Gasteiger partial charge is 0.0468 e. The molecule has 0 radical (unpaired) electrons. The normalized spacial score (nSPS) is 19.4. The molecule has 0 aliphatic heterocycles. The van der Waals surface area contributed by atoms with Crippen molar-refractivity contribution in [3.05, 3.63) is 0 Å². The summed E-state index contributed by atoms with van der Waals surface area (Å²) in [6.45, 7) is 11.6. The molecule has 0 bridgehead atoms. The van der Waals surface area contributed by atoms with Gasteiger partial charge in [0.25, 0.3) is 0 Å². The van der Waals surface area contributed by atoms with Gasteiger partial charge in [-0.05, 0) is 43.9 Å². The van der Waals surface area contributed by atoms with Crippen molar-refractivity contribution in [1.82, 2.24) is 5.32 Å². The molecular formula is C14H30N2O. The Labute approximate surface area is 106 Å². The molecule has 0 atom stereocenters. The van der Waals surface area contributed by atoms with Gasteiger partial charge in [0.1, 0.15) is 0 Å². The second kappa shape index (κ2) is 5.25. The van der Waals surface area contributed by atoms with Crippen molar-refractivity contribution in [2.45, 2.75) is 52.5 Å². The Balaban J connectivity index is 2.28. The first-order valence-electron chi connectivity index (χ1n) is 6.71. The summed E-state index contributed by atoms with van der Waals surface area (Å²) in [6.07, 6.45) is 3.87. The third-order valence-corrected chi connectivity index (χ3v) is 4.60. The minimum atomic E-state index is -0.150. The van der Waals surface area contributed by atoms with E-state index in [0.717, 1.165) is 19.7 Å². The summed E-state index contributed by atoms with van der Waals surface area (Å²) in [6, 6.07) is 0. The predicted octanol–water partition coefficient (Wildman–Crippen LogP) is 2.16. The maximum Gasteiger partial charge on any atom is 0.0468 e. The van der Waals surface area contributed by atoms with E-state index in [2.05, 4.69) is 33.0 Å². The van der Waals surface area contributed by atoms with Crippen LogP contribution in [0, 0.1) is 10.8 Å². The average Bonchev–Trinajstić information content (AvgIpc) is 2.94. The Kier molecular flexibility index (Phi) is 4.61. The minimum absolute atomic E-state index is 0.115. The summed E-state index contributed by atoms with van der Waals surface area (Å²) in [5.41, 5.74) is 6.68. The van der Waals surface area contributed by atoms with Gasteiger partial charge in [-0.3, -0.25) is 0 Å². The van der Waals surface area contributed by atoms with Crippen LogP contribution in [0.2, 0.25) is 0 Å². The number of methoxy groups -OCH3 is 1. The second-order valence-corrected chi connectivity index (χ2v) is 6.95. The van der Waals surface area contributed by atoms with Crippen molar-refractivity contribution in [2.24, 2.45) is 16.6 Å². The molecule has 0 aromatic rings. The SMILES string of the molecule is COCCC1(CNCC(C)(C)C(C)(C)N)CC1. The lowest BCUT2D eigenvalue weighted by molar-refractivity contribution is 0.163. The van der Waals surface area contributed by atoms with Gasteiger partial charge in [-0.2, -0.15) is 0 Å². The number of hydrogen-bond donors (Lipinski definition) is 2. The maximum absolute atomic E-state index is 6.20. The van der Waals surface area contributed by atoms with E-state index in [1.165, 1.54) is 19.3 Å². The van der Waals surface area contributed by atoms with E-state index in [1.807, 2.05) is 0 Å². The van der Waals surface area contributed by atoms with E-state index in [0.29, 0.717) is 5.41 Å². The molecule has 17 heavy (non-hydrogen) atoms. The van der Waals surface area contributed by atoms with E-state index in [-0.39, 0.29) is 11.0 Å². The fourth-order valence-corrected chi connectivity index (χ4v) is 1.88. The van der Waals surface area contributed by atoms with Crippen molar-refractivity contribution in [3.63, 3.8) is 0 Å². The molecule has 0 aromatic heterocycles. The lowest BCUT2D eigenvalue weighted by Crippen LogP contribution is -2.52. The lowest BCUT2D eigenvalue weighted by Gasteiger charge is -2.39. The molecule has 1 aliphatic carbocycles. The quantitative estimate of drug-likeness (QED) is 0.685. The highest BCUT2D eigenvalue weighted by atomic mass is 16.5. The Bertz CT molecular complexity index is 239. The summed E-state index contributed by atoms with van der Waals surface area (Å²) >= 11 is 0. The Hall–Kier alpha value is -0.120. The molecule has 3 heteroatoms. The number of nitrogens with one attached hydrogen (secondary N) is 1. The molecular weight excluding hydrogens is 212 g/mol. The number of nitrogens with two attached hydrogens (primary N) is 1. The Morgan fingerprint density at radius 1 is 1.24 bits per heavy atom. The minimum Gasteiger partial charge on any atom is -0.385 e. The van der Waals surface area contributed by atoms with Crippen LogP contribution >= 0.6 is 0 Å². The van der Waals surface area contributed by atoms with Crippen LogP contribution in [0.3, 0.4) is 0 Å². The van der Waals surface area contributed by atoms with Crippen LogP contribution in [0.15, 0.2) is 0 Å². The van der Waals surface area contributed by atoms with Crippen LogP contribution in [0.4, 0.5) is 0 Å². The van der Waals surface area contributed by atoms with Crippen LogP contribution in [-0.2, 0) is 4.74 Å². The summed E-state index contributed by atoms with van der Waals surface area (Å²) in [5.74, 6) is 0.